The van der Waals surface area contributed by atoms with Crippen LogP contribution in [0.25, 0.3) is 5.82 Å². The van der Waals surface area contributed by atoms with Gasteiger partial charge in [-0.2, -0.15) is 5.10 Å². The van der Waals surface area contributed by atoms with Crippen LogP contribution in [0.2, 0.25) is 0 Å². The number of ether oxygens (including phenoxy) is 1. The number of anilines is 1. The standard InChI is InChI=1S/C13H15N5O3/c1-6-4-7(2)16-12(9(6)11(15)19)18-5-8(14)10(17-18)13(20)21-3/h4-5H,14H2,1-3H3,(H2,15,19). The van der Waals surface area contributed by atoms with Gasteiger partial charge in [0.15, 0.2) is 11.5 Å². The lowest BCUT2D eigenvalue weighted by Crippen LogP contribution is -2.18. The Morgan fingerprint density at radius 1 is 1.33 bits per heavy atom. The molecule has 21 heavy (non-hydrogen) atoms. The molecular weight excluding hydrogens is 274 g/mol. The molecule has 0 saturated carbocycles. The van der Waals surface area contributed by atoms with E-state index in [4.69, 9.17) is 11.5 Å². The average Bonchev–Trinajstić information content (AvgIpc) is 2.78. The first-order chi connectivity index (χ1) is 9.85. The molecule has 8 heteroatoms. The number of esters is 1. The van der Waals surface area contributed by atoms with Gasteiger partial charge in [-0.25, -0.2) is 14.5 Å². The number of hydrogen-bond acceptors (Lipinski definition) is 6. The van der Waals surface area contributed by atoms with Gasteiger partial charge in [0.25, 0.3) is 5.91 Å². The summed E-state index contributed by atoms with van der Waals surface area (Å²) in [4.78, 5) is 27.4. The Labute approximate surface area is 120 Å². The Bertz CT molecular complexity index is 736. The highest BCUT2D eigenvalue weighted by atomic mass is 16.5. The predicted octanol–water partition coefficient (Wildman–Crippen LogP) is 0.352. The highest BCUT2D eigenvalue weighted by molar-refractivity contribution is 5.97. The molecule has 4 N–H and O–H groups in total. The molecule has 0 radical (unpaired) electrons. The quantitative estimate of drug-likeness (QED) is 0.785. The minimum Gasteiger partial charge on any atom is -0.464 e. The van der Waals surface area contributed by atoms with Crippen LogP contribution in [0.1, 0.15) is 32.1 Å². The molecule has 110 valence electrons. The molecule has 2 aromatic heterocycles. The summed E-state index contributed by atoms with van der Waals surface area (Å²) in [5, 5.41) is 4.02. The van der Waals surface area contributed by atoms with Crippen molar-refractivity contribution in [1.29, 1.82) is 0 Å². The van der Waals surface area contributed by atoms with Gasteiger partial charge < -0.3 is 16.2 Å². The number of carbonyl (C=O) groups is 2. The van der Waals surface area contributed by atoms with Crippen molar-refractivity contribution in [2.75, 3.05) is 12.8 Å². The molecule has 0 aliphatic heterocycles. The number of aryl methyl sites for hydroxylation is 2. The van der Waals surface area contributed by atoms with E-state index in [2.05, 4.69) is 14.8 Å². The van der Waals surface area contributed by atoms with Crippen molar-refractivity contribution in [3.8, 4) is 5.82 Å². The van der Waals surface area contributed by atoms with Gasteiger partial charge in [0.2, 0.25) is 0 Å². The third-order valence-corrected chi connectivity index (χ3v) is 2.91. The third kappa shape index (κ3) is 2.55. The maximum absolute atomic E-state index is 11.6. The van der Waals surface area contributed by atoms with Gasteiger partial charge in [-0.1, -0.05) is 0 Å². The summed E-state index contributed by atoms with van der Waals surface area (Å²) in [5.41, 5.74) is 12.8. The fourth-order valence-electron chi connectivity index (χ4n) is 2.04. The minimum absolute atomic E-state index is 0.0473. The number of nitrogen functional groups attached to an aromatic ring is 1. The molecule has 0 aromatic carbocycles. The Kier molecular flexibility index (Phi) is 3.62. The molecule has 0 atom stereocenters. The molecule has 0 saturated heterocycles. The van der Waals surface area contributed by atoms with Crippen molar-refractivity contribution in [3.63, 3.8) is 0 Å². The zero-order valence-electron chi connectivity index (χ0n) is 11.9. The summed E-state index contributed by atoms with van der Waals surface area (Å²) in [7, 11) is 1.23. The normalized spacial score (nSPS) is 10.4. The van der Waals surface area contributed by atoms with E-state index < -0.39 is 11.9 Å². The van der Waals surface area contributed by atoms with Crippen LogP contribution in [0.4, 0.5) is 5.69 Å². The summed E-state index contributed by atoms with van der Waals surface area (Å²) in [6.45, 7) is 3.52. The van der Waals surface area contributed by atoms with E-state index in [0.29, 0.717) is 11.3 Å². The zero-order valence-corrected chi connectivity index (χ0v) is 11.9. The average molecular weight is 289 g/mol. The molecule has 2 rings (SSSR count). The van der Waals surface area contributed by atoms with Crippen molar-refractivity contribution in [2.45, 2.75) is 13.8 Å². The Morgan fingerprint density at radius 3 is 2.57 bits per heavy atom. The predicted molar refractivity (Wildman–Crippen MR) is 75.1 cm³/mol. The molecule has 0 aliphatic carbocycles. The number of methoxy groups -OCH3 is 1. The lowest BCUT2D eigenvalue weighted by atomic mass is 10.1. The monoisotopic (exact) mass is 289 g/mol. The van der Waals surface area contributed by atoms with Gasteiger partial charge in [-0.15, -0.1) is 0 Å². The minimum atomic E-state index is -0.670. The first kappa shape index (κ1) is 14.5. The van der Waals surface area contributed by atoms with Crippen LogP contribution in [0.15, 0.2) is 12.3 Å². The van der Waals surface area contributed by atoms with Crippen LogP contribution >= 0.6 is 0 Å². The molecule has 0 unspecified atom stereocenters. The largest absolute Gasteiger partial charge is 0.464 e. The zero-order chi connectivity index (χ0) is 15.7. The van der Waals surface area contributed by atoms with Crippen molar-refractivity contribution in [3.05, 3.63) is 34.8 Å². The second kappa shape index (κ2) is 5.23. The summed E-state index contributed by atoms with van der Waals surface area (Å²) in [5.74, 6) is -1.08. The number of amides is 1. The highest BCUT2D eigenvalue weighted by Gasteiger charge is 2.20. The van der Waals surface area contributed by atoms with Gasteiger partial charge in [-0.3, -0.25) is 4.79 Å². The Balaban J connectivity index is 2.67. The van der Waals surface area contributed by atoms with E-state index in [1.54, 1.807) is 19.9 Å². The lowest BCUT2D eigenvalue weighted by molar-refractivity contribution is 0.0594. The van der Waals surface area contributed by atoms with Crippen molar-refractivity contribution < 1.29 is 14.3 Å². The van der Waals surface area contributed by atoms with Crippen molar-refractivity contribution in [2.24, 2.45) is 5.73 Å². The fraction of sp³-hybridized carbons (Fsp3) is 0.231. The van der Waals surface area contributed by atoms with Gasteiger partial charge in [-0.05, 0) is 25.5 Å². The molecule has 0 fully saturated rings. The highest BCUT2D eigenvalue weighted by Crippen LogP contribution is 2.20. The van der Waals surface area contributed by atoms with Crippen LogP contribution in [0.5, 0.6) is 0 Å². The molecule has 2 heterocycles. The van der Waals surface area contributed by atoms with Crippen LogP contribution in [-0.4, -0.2) is 33.8 Å². The summed E-state index contributed by atoms with van der Waals surface area (Å²) < 4.78 is 5.84. The number of nitrogens with zero attached hydrogens (tertiary/aromatic N) is 3. The number of nitrogens with two attached hydrogens (primary N) is 2. The SMILES string of the molecule is COC(=O)c1nn(-c2nc(C)cc(C)c2C(N)=O)cc1N. The van der Waals surface area contributed by atoms with Crippen LogP contribution < -0.4 is 11.5 Å². The molecular formula is C13H15N5O3. The summed E-state index contributed by atoms with van der Waals surface area (Å²) in [6, 6.07) is 1.73. The topological polar surface area (TPSA) is 126 Å². The van der Waals surface area contributed by atoms with E-state index in [1.807, 2.05) is 0 Å². The van der Waals surface area contributed by atoms with E-state index in [0.717, 1.165) is 0 Å². The maximum atomic E-state index is 11.6. The Hall–Kier alpha value is -2.90. The number of hydrogen-bond donors (Lipinski definition) is 2. The second-order valence-corrected chi connectivity index (χ2v) is 4.51. The van der Waals surface area contributed by atoms with E-state index in [-0.39, 0.29) is 22.8 Å². The van der Waals surface area contributed by atoms with Gasteiger partial charge in [0.05, 0.1) is 24.6 Å². The van der Waals surface area contributed by atoms with E-state index >= 15 is 0 Å². The van der Waals surface area contributed by atoms with Crippen LogP contribution in [0, 0.1) is 13.8 Å². The summed E-state index contributed by atoms with van der Waals surface area (Å²) >= 11 is 0. The van der Waals surface area contributed by atoms with Crippen LogP contribution in [-0.2, 0) is 4.74 Å². The number of aromatic nitrogens is 3. The van der Waals surface area contributed by atoms with Crippen LogP contribution in [0.3, 0.4) is 0 Å². The molecule has 2 aromatic rings. The number of rotatable bonds is 3. The van der Waals surface area contributed by atoms with Crippen molar-refractivity contribution in [1.82, 2.24) is 14.8 Å². The first-order valence-electron chi connectivity index (χ1n) is 6.07. The van der Waals surface area contributed by atoms with E-state index in [1.165, 1.54) is 18.0 Å². The number of carbonyl (C=O) groups excluding carboxylic acids is 2. The lowest BCUT2D eigenvalue weighted by Gasteiger charge is -2.10. The summed E-state index contributed by atoms with van der Waals surface area (Å²) in [6.07, 6.45) is 1.39. The van der Waals surface area contributed by atoms with Gasteiger partial charge >= 0.3 is 5.97 Å². The Morgan fingerprint density at radius 2 is 2.00 bits per heavy atom. The maximum Gasteiger partial charge on any atom is 0.360 e. The van der Waals surface area contributed by atoms with Gasteiger partial charge in [0, 0.05) is 5.69 Å². The fourth-order valence-corrected chi connectivity index (χ4v) is 2.04. The first-order valence-corrected chi connectivity index (χ1v) is 6.07. The molecule has 8 nitrogen and oxygen atoms in total. The number of primary amides is 1. The second-order valence-electron chi connectivity index (χ2n) is 4.51. The number of pyridine rings is 1. The smallest absolute Gasteiger partial charge is 0.360 e. The van der Waals surface area contributed by atoms with E-state index in [9.17, 15) is 9.59 Å². The molecule has 0 bridgehead atoms. The van der Waals surface area contributed by atoms with Gasteiger partial charge in [0.1, 0.15) is 0 Å². The third-order valence-electron chi connectivity index (χ3n) is 2.91. The molecule has 0 spiro atoms. The molecule has 1 amide bonds. The molecule has 0 aliphatic rings. The van der Waals surface area contributed by atoms with Crippen molar-refractivity contribution >= 4 is 17.6 Å².